The number of aromatic nitrogens is 1. The quantitative estimate of drug-likeness (QED) is 0.608. The molecular weight excluding hydrogens is 334 g/mol. The first kappa shape index (κ1) is 19.7. The van der Waals surface area contributed by atoms with Crippen molar-refractivity contribution >= 4 is 11.9 Å². The van der Waals surface area contributed by atoms with Crippen molar-refractivity contribution in [2.24, 2.45) is 0 Å². The molecule has 1 aliphatic heterocycles. The lowest BCUT2D eigenvalue weighted by Gasteiger charge is -2.32. The number of carboxylic acid groups (broad SMARTS) is 2. The van der Waals surface area contributed by atoms with E-state index >= 15 is 0 Å². The van der Waals surface area contributed by atoms with Gasteiger partial charge in [-0.2, -0.15) is 0 Å². The van der Waals surface area contributed by atoms with Crippen molar-refractivity contribution < 1.29 is 19.8 Å². The third-order valence-electron chi connectivity index (χ3n) is 4.26. The lowest BCUT2D eigenvalue weighted by molar-refractivity contribution is -0.159. The average Bonchev–Trinajstić information content (AvgIpc) is 3.16. The Balaban J connectivity index is 0.000000352. The second-order valence-electron chi connectivity index (χ2n) is 6.22. The number of hydrogen-bond donors (Lipinski definition) is 4. The number of nitrogens with zero attached hydrogens (tertiary/aromatic N) is 1. The van der Waals surface area contributed by atoms with Crippen LogP contribution >= 0.6 is 0 Å². The highest BCUT2D eigenvalue weighted by atomic mass is 16.4. The van der Waals surface area contributed by atoms with Crippen LogP contribution in [0.3, 0.4) is 0 Å². The van der Waals surface area contributed by atoms with Gasteiger partial charge in [0.2, 0.25) is 0 Å². The summed E-state index contributed by atoms with van der Waals surface area (Å²) in [5.74, 6) is -3.65. The summed E-state index contributed by atoms with van der Waals surface area (Å²) >= 11 is 0. The monoisotopic (exact) mass is 359 g/mol. The average molecular weight is 359 g/mol. The largest absolute Gasteiger partial charge is 0.473 e. The first-order valence-electron chi connectivity index (χ1n) is 8.62. The van der Waals surface area contributed by atoms with E-state index in [4.69, 9.17) is 19.8 Å². The van der Waals surface area contributed by atoms with Crippen molar-refractivity contribution in [1.82, 2.24) is 15.2 Å². The summed E-state index contributed by atoms with van der Waals surface area (Å²) in [6.07, 6.45) is 4.47. The van der Waals surface area contributed by atoms with Crippen LogP contribution in [0.1, 0.15) is 24.1 Å². The summed E-state index contributed by atoms with van der Waals surface area (Å²) in [7, 11) is 0. The van der Waals surface area contributed by atoms with Crippen LogP contribution in [0.15, 0.2) is 48.7 Å². The van der Waals surface area contributed by atoms with Gasteiger partial charge in [0.1, 0.15) is 0 Å². The van der Waals surface area contributed by atoms with Crippen LogP contribution in [-0.4, -0.2) is 51.2 Å². The number of aromatic amines is 1. The Morgan fingerprint density at radius 2 is 1.69 bits per heavy atom. The van der Waals surface area contributed by atoms with E-state index in [-0.39, 0.29) is 0 Å². The molecule has 0 bridgehead atoms. The zero-order chi connectivity index (χ0) is 18.8. The predicted molar refractivity (Wildman–Crippen MR) is 97.6 cm³/mol. The number of nitrogens with one attached hydrogen (secondary N) is 2. The molecule has 2 heterocycles. The van der Waals surface area contributed by atoms with E-state index in [1.807, 2.05) is 6.20 Å². The van der Waals surface area contributed by atoms with E-state index in [1.165, 1.54) is 37.2 Å². The second kappa shape index (κ2) is 10.4. The minimum Gasteiger partial charge on any atom is -0.473 e. The van der Waals surface area contributed by atoms with Gasteiger partial charge >= 0.3 is 11.9 Å². The standard InChI is InChI=1S/C17H23N3.C2H2O4/c1-2-5-15(6-3-1)14-20-11-8-16(9-12-20)19-13-17-7-4-10-18-17;3-1(4)2(5)6/h1-7,10,16,18-19H,8-9,11-14H2;(H,3,4)(H,5,6). The van der Waals surface area contributed by atoms with Gasteiger partial charge in [-0.15, -0.1) is 0 Å². The molecule has 0 amide bonds. The number of carbonyl (C=O) groups is 2. The van der Waals surface area contributed by atoms with Crippen molar-refractivity contribution in [3.05, 3.63) is 59.9 Å². The number of hydrogen-bond acceptors (Lipinski definition) is 4. The van der Waals surface area contributed by atoms with Gasteiger partial charge < -0.3 is 20.5 Å². The molecule has 26 heavy (non-hydrogen) atoms. The maximum Gasteiger partial charge on any atom is 0.414 e. The summed E-state index contributed by atoms with van der Waals surface area (Å²) in [5.41, 5.74) is 2.70. The summed E-state index contributed by atoms with van der Waals surface area (Å²) in [6.45, 7) is 4.43. The third kappa shape index (κ3) is 7.08. The number of aliphatic carboxylic acids is 2. The molecule has 1 saturated heterocycles. The van der Waals surface area contributed by atoms with E-state index < -0.39 is 11.9 Å². The zero-order valence-corrected chi connectivity index (χ0v) is 14.6. The predicted octanol–water partition coefficient (Wildman–Crippen LogP) is 1.92. The second-order valence-corrected chi connectivity index (χ2v) is 6.22. The van der Waals surface area contributed by atoms with Gasteiger partial charge in [-0.25, -0.2) is 9.59 Å². The molecule has 7 nitrogen and oxygen atoms in total. The van der Waals surface area contributed by atoms with Crippen LogP contribution in [0.5, 0.6) is 0 Å². The highest BCUT2D eigenvalue weighted by Crippen LogP contribution is 2.14. The van der Waals surface area contributed by atoms with Gasteiger partial charge in [0, 0.05) is 31.0 Å². The maximum atomic E-state index is 9.10. The molecule has 0 unspecified atom stereocenters. The molecule has 7 heteroatoms. The number of carboxylic acids is 2. The van der Waals surface area contributed by atoms with Gasteiger partial charge in [-0.3, -0.25) is 4.90 Å². The number of H-pyrrole nitrogens is 1. The van der Waals surface area contributed by atoms with Crippen LogP contribution in [0.4, 0.5) is 0 Å². The molecule has 1 aliphatic rings. The molecule has 1 aromatic carbocycles. The minimum absolute atomic E-state index is 0.658. The molecule has 140 valence electrons. The molecule has 1 aromatic heterocycles. The fourth-order valence-electron chi connectivity index (χ4n) is 2.87. The summed E-state index contributed by atoms with van der Waals surface area (Å²) in [4.78, 5) is 24.0. The molecule has 0 atom stereocenters. The summed E-state index contributed by atoms with van der Waals surface area (Å²) < 4.78 is 0. The fourth-order valence-corrected chi connectivity index (χ4v) is 2.87. The Morgan fingerprint density at radius 3 is 2.23 bits per heavy atom. The smallest absolute Gasteiger partial charge is 0.414 e. The Kier molecular flexibility index (Phi) is 7.85. The summed E-state index contributed by atoms with van der Waals surface area (Å²) in [6, 6.07) is 15.6. The fraction of sp³-hybridized carbons (Fsp3) is 0.368. The van der Waals surface area contributed by atoms with Crippen molar-refractivity contribution in [2.75, 3.05) is 13.1 Å². The Labute approximate surface area is 152 Å². The van der Waals surface area contributed by atoms with Crippen molar-refractivity contribution in [1.29, 1.82) is 0 Å². The highest BCUT2D eigenvalue weighted by Gasteiger charge is 2.18. The van der Waals surface area contributed by atoms with Crippen LogP contribution in [-0.2, 0) is 22.7 Å². The molecule has 2 aromatic rings. The number of benzene rings is 1. The van der Waals surface area contributed by atoms with Crippen molar-refractivity contribution in [3.63, 3.8) is 0 Å². The minimum atomic E-state index is -1.82. The molecule has 3 rings (SSSR count). The van der Waals surface area contributed by atoms with Crippen molar-refractivity contribution in [3.8, 4) is 0 Å². The molecule has 0 aliphatic carbocycles. The van der Waals surface area contributed by atoms with Gasteiger partial charge in [0.05, 0.1) is 0 Å². The molecule has 4 N–H and O–H groups in total. The van der Waals surface area contributed by atoms with Gasteiger partial charge in [0.25, 0.3) is 0 Å². The van der Waals surface area contributed by atoms with E-state index in [2.05, 4.69) is 57.7 Å². The van der Waals surface area contributed by atoms with Crippen LogP contribution < -0.4 is 5.32 Å². The van der Waals surface area contributed by atoms with Gasteiger partial charge in [0.15, 0.2) is 0 Å². The zero-order valence-electron chi connectivity index (χ0n) is 14.6. The topological polar surface area (TPSA) is 106 Å². The van der Waals surface area contributed by atoms with Crippen LogP contribution in [0.25, 0.3) is 0 Å². The van der Waals surface area contributed by atoms with E-state index in [1.54, 1.807) is 0 Å². The molecule has 0 spiro atoms. The van der Waals surface area contributed by atoms with E-state index in [0.29, 0.717) is 6.04 Å². The Morgan fingerprint density at radius 1 is 1.04 bits per heavy atom. The van der Waals surface area contributed by atoms with Crippen LogP contribution in [0, 0.1) is 0 Å². The van der Waals surface area contributed by atoms with E-state index in [0.717, 1.165) is 13.1 Å². The van der Waals surface area contributed by atoms with Crippen LogP contribution in [0.2, 0.25) is 0 Å². The van der Waals surface area contributed by atoms with E-state index in [9.17, 15) is 0 Å². The summed E-state index contributed by atoms with van der Waals surface area (Å²) in [5, 5.41) is 18.4. The van der Waals surface area contributed by atoms with Gasteiger partial charge in [-0.1, -0.05) is 30.3 Å². The molecule has 1 fully saturated rings. The van der Waals surface area contributed by atoms with Crippen molar-refractivity contribution in [2.45, 2.75) is 32.0 Å². The number of rotatable bonds is 5. The Hall–Kier alpha value is -2.64. The maximum absolute atomic E-state index is 9.10. The number of piperidine rings is 1. The van der Waals surface area contributed by atoms with Gasteiger partial charge in [-0.05, 0) is 43.6 Å². The Bertz CT molecular complexity index is 653. The SMILES string of the molecule is O=C(O)C(=O)O.c1ccc(CN2CCC(NCc3ccc[nH]3)CC2)cc1. The molecule has 0 radical (unpaired) electrons. The lowest BCUT2D eigenvalue weighted by atomic mass is 10.0. The highest BCUT2D eigenvalue weighted by molar-refractivity contribution is 6.27. The lowest BCUT2D eigenvalue weighted by Crippen LogP contribution is -2.41. The number of likely N-dealkylation sites (tertiary alicyclic amines) is 1. The first-order chi connectivity index (χ1) is 12.5. The normalized spacial score (nSPS) is 15.1. The first-order valence-corrected chi connectivity index (χ1v) is 8.62. The third-order valence-corrected chi connectivity index (χ3v) is 4.26. The molecular formula is C19H25N3O4. The molecule has 0 saturated carbocycles.